The highest BCUT2D eigenvalue weighted by Gasteiger charge is 2.27. The van der Waals surface area contributed by atoms with Gasteiger partial charge in [0.1, 0.15) is 0 Å². The lowest BCUT2D eigenvalue weighted by atomic mass is 9.95. The molecule has 0 bridgehead atoms. The third-order valence-corrected chi connectivity index (χ3v) is 4.78. The number of likely N-dealkylation sites (tertiary alicyclic amines) is 1. The Bertz CT molecular complexity index is 738. The first-order valence-electron chi connectivity index (χ1n) is 8.66. The minimum Gasteiger partial charge on any atom is -0.352 e. The van der Waals surface area contributed by atoms with Crippen molar-refractivity contribution in [1.29, 1.82) is 0 Å². The Balaban J connectivity index is 1.49. The van der Waals surface area contributed by atoms with Gasteiger partial charge in [-0.1, -0.05) is 24.3 Å². The summed E-state index contributed by atoms with van der Waals surface area (Å²) >= 11 is 0. The van der Waals surface area contributed by atoms with Gasteiger partial charge in [-0.25, -0.2) is 0 Å². The molecule has 1 aliphatic heterocycles. The van der Waals surface area contributed by atoms with E-state index in [4.69, 9.17) is 0 Å². The van der Waals surface area contributed by atoms with E-state index in [0.29, 0.717) is 38.0 Å². The van der Waals surface area contributed by atoms with Crippen LogP contribution in [0.4, 0.5) is 0 Å². The molecular formula is C20H23N3O2. The molecule has 0 spiro atoms. The number of benzene rings is 1. The number of amides is 2. The number of aryl methyl sites for hydroxylation is 1. The van der Waals surface area contributed by atoms with Crippen molar-refractivity contribution in [2.24, 2.45) is 5.92 Å². The second kappa shape index (κ2) is 7.92. The van der Waals surface area contributed by atoms with Crippen molar-refractivity contribution in [3.05, 3.63) is 65.5 Å². The summed E-state index contributed by atoms with van der Waals surface area (Å²) in [4.78, 5) is 30.6. The number of carbonyl (C=O) groups is 2. The highest BCUT2D eigenvalue weighted by Crippen LogP contribution is 2.19. The smallest absolute Gasteiger partial charge is 0.255 e. The van der Waals surface area contributed by atoms with Gasteiger partial charge in [0.2, 0.25) is 5.91 Å². The van der Waals surface area contributed by atoms with E-state index < -0.39 is 0 Å². The average Bonchev–Trinajstić information content (AvgIpc) is 2.67. The number of nitrogens with one attached hydrogen (secondary N) is 1. The molecule has 5 nitrogen and oxygen atoms in total. The van der Waals surface area contributed by atoms with E-state index in [-0.39, 0.29) is 17.7 Å². The molecule has 1 aliphatic rings. The lowest BCUT2D eigenvalue weighted by Crippen LogP contribution is -2.43. The van der Waals surface area contributed by atoms with E-state index in [1.165, 1.54) is 5.56 Å². The second-order valence-electron chi connectivity index (χ2n) is 6.45. The maximum atomic E-state index is 12.4. The topological polar surface area (TPSA) is 62.3 Å². The predicted molar refractivity (Wildman–Crippen MR) is 95.9 cm³/mol. The highest BCUT2D eigenvalue weighted by atomic mass is 16.2. The van der Waals surface area contributed by atoms with Crippen LogP contribution in [0.25, 0.3) is 0 Å². The molecule has 2 aromatic rings. The van der Waals surface area contributed by atoms with Gasteiger partial charge in [-0.15, -0.1) is 0 Å². The standard InChI is InChI=1S/C20H23N3O2/c1-15-5-2-3-6-17(15)14-22-19(24)16-8-11-23(12-9-16)20(25)18-7-4-10-21-13-18/h2-7,10,13,16H,8-9,11-12,14H2,1H3,(H,22,24). The number of hydrogen-bond acceptors (Lipinski definition) is 3. The molecule has 0 atom stereocenters. The fourth-order valence-electron chi connectivity index (χ4n) is 3.15. The van der Waals surface area contributed by atoms with Crippen LogP contribution in [0.3, 0.4) is 0 Å². The summed E-state index contributed by atoms with van der Waals surface area (Å²) in [5, 5.41) is 3.03. The monoisotopic (exact) mass is 337 g/mol. The average molecular weight is 337 g/mol. The van der Waals surface area contributed by atoms with E-state index in [1.807, 2.05) is 36.1 Å². The summed E-state index contributed by atoms with van der Waals surface area (Å²) in [6, 6.07) is 11.6. The van der Waals surface area contributed by atoms with Crippen LogP contribution in [-0.4, -0.2) is 34.8 Å². The van der Waals surface area contributed by atoms with Gasteiger partial charge in [0, 0.05) is 37.9 Å². The van der Waals surface area contributed by atoms with E-state index in [0.717, 1.165) is 5.56 Å². The molecule has 1 N–H and O–H groups in total. The molecule has 0 aliphatic carbocycles. The summed E-state index contributed by atoms with van der Waals surface area (Å²) < 4.78 is 0. The van der Waals surface area contributed by atoms with Crippen LogP contribution >= 0.6 is 0 Å². The van der Waals surface area contributed by atoms with E-state index in [9.17, 15) is 9.59 Å². The van der Waals surface area contributed by atoms with E-state index in [1.54, 1.807) is 24.5 Å². The quantitative estimate of drug-likeness (QED) is 0.933. The molecule has 5 heteroatoms. The Morgan fingerprint density at radius 3 is 2.60 bits per heavy atom. The summed E-state index contributed by atoms with van der Waals surface area (Å²) in [6.07, 6.45) is 4.64. The maximum absolute atomic E-state index is 12.4. The van der Waals surface area contributed by atoms with Gasteiger partial charge >= 0.3 is 0 Å². The molecule has 1 fully saturated rings. The van der Waals surface area contributed by atoms with Crippen molar-refractivity contribution in [3.8, 4) is 0 Å². The van der Waals surface area contributed by atoms with Crippen LogP contribution < -0.4 is 5.32 Å². The first-order chi connectivity index (χ1) is 12.1. The van der Waals surface area contributed by atoms with Gasteiger partial charge in [-0.3, -0.25) is 14.6 Å². The van der Waals surface area contributed by atoms with Crippen LogP contribution in [0.2, 0.25) is 0 Å². The Kier molecular flexibility index (Phi) is 5.43. The maximum Gasteiger partial charge on any atom is 0.255 e. The molecule has 25 heavy (non-hydrogen) atoms. The molecule has 130 valence electrons. The minimum absolute atomic E-state index is 0.00753. The van der Waals surface area contributed by atoms with Crippen molar-refractivity contribution in [3.63, 3.8) is 0 Å². The first-order valence-corrected chi connectivity index (χ1v) is 8.66. The first kappa shape index (κ1) is 17.1. The molecule has 0 unspecified atom stereocenters. The minimum atomic E-state index is -0.0260. The van der Waals surface area contributed by atoms with Crippen LogP contribution in [0.1, 0.15) is 34.3 Å². The molecule has 0 radical (unpaired) electrons. The summed E-state index contributed by atoms with van der Waals surface area (Å²) in [5.74, 6) is 0.0468. The Morgan fingerprint density at radius 2 is 1.92 bits per heavy atom. The number of pyridine rings is 1. The van der Waals surface area contributed by atoms with Crippen LogP contribution in [0, 0.1) is 12.8 Å². The number of aromatic nitrogens is 1. The van der Waals surface area contributed by atoms with Gasteiger partial charge in [0.25, 0.3) is 5.91 Å². The molecule has 1 aromatic heterocycles. The fraction of sp³-hybridized carbons (Fsp3) is 0.350. The second-order valence-corrected chi connectivity index (χ2v) is 6.45. The summed E-state index contributed by atoms with van der Waals surface area (Å²) in [7, 11) is 0. The predicted octanol–water partition coefficient (Wildman–Crippen LogP) is 2.56. The molecular weight excluding hydrogens is 314 g/mol. The van der Waals surface area contributed by atoms with Crippen LogP contribution in [-0.2, 0) is 11.3 Å². The van der Waals surface area contributed by atoms with Crippen molar-refractivity contribution < 1.29 is 9.59 Å². The lowest BCUT2D eigenvalue weighted by molar-refractivity contribution is -0.126. The highest BCUT2D eigenvalue weighted by molar-refractivity contribution is 5.94. The molecule has 1 aromatic carbocycles. The molecule has 1 saturated heterocycles. The van der Waals surface area contributed by atoms with Crippen molar-refractivity contribution in [1.82, 2.24) is 15.2 Å². The van der Waals surface area contributed by atoms with Crippen molar-refractivity contribution in [2.45, 2.75) is 26.3 Å². The largest absolute Gasteiger partial charge is 0.352 e. The number of carbonyl (C=O) groups excluding carboxylic acids is 2. The molecule has 0 saturated carbocycles. The molecule has 2 amide bonds. The van der Waals surface area contributed by atoms with Crippen molar-refractivity contribution in [2.75, 3.05) is 13.1 Å². The SMILES string of the molecule is Cc1ccccc1CNC(=O)C1CCN(C(=O)c2cccnc2)CC1. The van der Waals surface area contributed by atoms with Crippen LogP contribution in [0.15, 0.2) is 48.8 Å². The Labute approximate surface area is 148 Å². The third-order valence-electron chi connectivity index (χ3n) is 4.78. The van der Waals surface area contributed by atoms with Crippen LogP contribution in [0.5, 0.6) is 0 Å². The zero-order valence-corrected chi connectivity index (χ0v) is 14.4. The van der Waals surface area contributed by atoms with Gasteiger partial charge in [-0.05, 0) is 43.0 Å². The number of piperidine rings is 1. The fourth-order valence-corrected chi connectivity index (χ4v) is 3.15. The van der Waals surface area contributed by atoms with Crippen molar-refractivity contribution >= 4 is 11.8 Å². The van der Waals surface area contributed by atoms with Gasteiger partial charge in [-0.2, -0.15) is 0 Å². The molecule has 3 rings (SSSR count). The van der Waals surface area contributed by atoms with E-state index in [2.05, 4.69) is 10.3 Å². The third kappa shape index (κ3) is 4.24. The normalized spacial score (nSPS) is 15.0. The van der Waals surface area contributed by atoms with Gasteiger partial charge in [0.15, 0.2) is 0 Å². The summed E-state index contributed by atoms with van der Waals surface area (Å²) in [5.41, 5.74) is 2.92. The van der Waals surface area contributed by atoms with Gasteiger partial charge in [0.05, 0.1) is 5.56 Å². The van der Waals surface area contributed by atoms with Gasteiger partial charge < -0.3 is 10.2 Å². The Hall–Kier alpha value is -2.69. The lowest BCUT2D eigenvalue weighted by Gasteiger charge is -2.31. The summed E-state index contributed by atoms with van der Waals surface area (Å²) in [6.45, 7) is 3.82. The number of rotatable bonds is 4. The number of nitrogens with zero attached hydrogens (tertiary/aromatic N) is 2. The number of hydrogen-bond donors (Lipinski definition) is 1. The van der Waals surface area contributed by atoms with E-state index >= 15 is 0 Å². The Morgan fingerprint density at radius 1 is 1.16 bits per heavy atom. The zero-order chi connectivity index (χ0) is 17.6. The zero-order valence-electron chi connectivity index (χ0n) is 14.4. The molecule has 2 heterocycles.